The molecule has 2 atom stereocenters. The summed E-state index contributed by atoms with van der Waals surface area (Å²) in [5, 5.41) is 13.9. The van der Waals surface area contributed by atoms with Crippen molar-refractivity contribution in [3.8, 4) is 0 Å². The van der Waals surface area contributed by atoms with Gasteiger partial charge in [0.15, 0.2) is 0 Å². The van der Waals surface area contributed by atoms with E-state index in [2.05, 4.69) is 27.0 Å². The highest BCUT2D eigenvalue weighted by Crippen LogP contribution is 2.36. The van der Waals surface area contributed by atoms with Crippen LogP contribution in [-0.2, 0) is 11.8 Å². The van der Waals surface area contributed by atoms with E-state index >= 15 is 0 Å². The van der Waals surface area contributed by atoms with Gasteiger partial charge >= 0.3 is 0 Å². The molecule has 0 unspecified atom stereocenters. The van der Waals surface area contributed by atoms with Crippen LogP contribution in [0.2, 0.25) is 0 Å². The average molecular weight is 323 g/mol. The van der Waals surface area contributed by atoms with E-state index in [1.165, 1.54) is 16.6 Å². The Hall–Kier alpha value is -1.41. The van der Waals surface area contributed by atoms with Crippen molar-refractivity contribution < 1.29 is 4.79 Å². The highest BCUT2D eigenvalue weighted by molar-refractivity contribution is 8.00. The molecule has 21 heavy (non-hydrogen) atoms. The molecule has 1 aliphatic rings. The Morgan fingerprint density at radius 1 is 1.57 bits per heavy atom. The lowest BCUT2D eigenvalue weighted by Gasteiger charge is -2.26. The maximum atomic E-state index is 12.7. The molecule has 0 saturated carbocycles. The minimum absolute atomic E-state index is 0.166. The molecule has 0 N–H and O–H groups in total. The van der Waals surface area contributed by atoms with Crippen LogP contribution >= 0.6 is 23.1 Å². The number of hydrogen-bond donors (Lipinski definition) is 0. The van der Waals surface area contributed by atoms with Crippen molar-refractivity contribution in [3.63, 3.8) is 0 Å². The van der Waals surface area contributed by atoms with E-state index < -0.39 is 0 Å². The van der Waals surface area contributed by atoms with E-state index in [0.717, 1.165) is 19.4 Å². The second kappa shape index (κ2) is 6.15. The number of tetrazole rings is 1. The zero-order chi connectivity index (χ0) is 14.8. The van der Waals surface area contributed by atoms with Crippen molar-refractivity contribution in [2.75, 3.05) is 6.54 Å². The van der Waals surface area contributed by atoms with E-state index in [4.69, 9.17) is 0 Å². The third kappa shape index (κ3) is 2.96. The normalized spacial score (nSPS) is 19.9. The lowest BCUT2D eigenvalue weighted by atomic mass is 10.2. The smallest absolute Gasteiger partial charge is 0.236 e. The van der Waals surface area contributed by atoms with E-state index in [1.54, 1.807) is 23.1 Å². The molecule has 2 aromatic heterocycles. The minimum Gasteiger partial charge on any atom is -0.334 e. The molecule has 0 aliphatic carbocycles. The molecule has 2 aromatic rings. The van der Waals surface area contributed by atoms with Crippen molar-refractivity contribution in [2.45, 2.75) is 36.2 Å². The van der Waals surface area contributed by atoms with E-state index in [1.807, 2.05) is 17.9 Å². The summed E-state index contributed by atoms with van der Waals surface area (Å²) in [6, 6.07) is 4.40. The summed E-state index contributed by atoms with van der Waals surface area (Å²) in [6.07, 6.45) is 2.12. The van der Waals surface area contributed by atoms with Crippen LogP contribution in [0, 0.1) is 0 Å². The molecule has 112 valence electrons. The number of thioether (sulfide) groups is 1. The van der Waals surface area contributed by atoms with Crippen LogP contribution in [-0.4, -0.2) is 42.8 Å². The predicted molar refractivity (Wildman–Crippen MR) is 82.1 cm³/mol. The molecule has 8 heteroatoms. The molecule has 3 heterocycles. The molecular weight excluding hydrogens is 306 g/mol. The Kier molecular flexibility index (Phi) is 4.25. The number of nitrogens with zero attached hydrogens (tertiary/aromatic N) is 5. The van der Waals surface area contributed by atoms with Crippen LogP contribution < -0.4 is 0 Å². The van der Waals surface area contributed by atoms with Gasteiger partial charge in [0.2, 0.25) is 11.1 Å². The fraction of sp³-hybridized carbons (Fsp3) is 0.538. The Balaban J connectivity index is 1.70. The van der Waals surface area contributed by atoms with Gasteiger partial charge in [-0.15, -0.1) is 16.4 Å². The van der Waals surface area contributed by atoms with Crippen molar-refractivity contribution in [1.82, 2.24) is 25.1 Å². The third-order valence-electron chi connectivity index (χ3n) is 3.62. The van der Waals surface area contributed by atoms with Gasteiger partial charge in [-0.25, -0.2) is 4.68 Å². The Bertz CT molecular complexity index is 612. The first kappa shape index (κ1) is 14.5. The van der Waals surface area contributed by atoms with Gasteiger partial charge in [0, 0.05) is 18.5 Å². The molecule has 1 fully saturated rings. The van der Waals surface area contributed by atoms with Gasteiger partial charge in [-0.3, -0.25) is 4.79 Å². The van der Waals surface area contributed by atoms with Crippen molar-refractivity contribution in [2.24, 2.45) is 7.05 Å². The fourth-order valence-electron chi connectivity index (χ4n) is 2.57. The van der Waals surface area contributed by atoms with Crippen LogP contribution in [0.4, 0.5) is 0 Å². The second-order valence-electron chi connectivity index (χ2n) is 5.05. The predicted octanol–water partition coefficient (Wildman–Crippen LogP) is 2.12. The number of thiophene rings is 1. The average Bonchev–Trinajstić information content (AvgIpc) is 3.18. The topological polar surface area (TPSA) is 63.9 Å². The molecule has 3 rings (SSSR count). The van der Waals surface area contributed by atoms with Crippen LogP contribution in [0.5, 0.6) is 0 Å². The Labute approximate surface area is 131 Å². The number of likely N-dealkylation sites (tertiary alicyclic amines) is 1. The molecule has 1 saturated heterocycles. The number of carbonyl (C=O) groups is 1. The van der Waals surface area contributed by atoms with Crippen LogP contribution in [0.1, 0.15) is 30.7 Å². The number of aryl methyl sites for hydroxylation is 1. The first-order valence-corrected chi connectivity index (χ1v) is 8.65. The van der Waals surface area contributed by atoms with Crippen molar-refractivity contribution >= 4 is 29.0 Å². The van der Waals surface area contributed by atoms with Crippen molar-refractivity contribution in [1.29, 1.82) is 0 Å². The number of amides is 1. The number of carbonyl (C=O) groups excluding carboxylic acids is 1. The molecule has 0 spiro atoms. The standard InChI is InChI=1S/C13H17N5OS2/c1-9(21-13-14-15-16-17(13)2)12(19)18-7-3-5-10(18)11-6-4-8-20-11/h4,6,8-10H,3,5,7H2,1-2H3/t9-,10-/m1/s1. The summed E-state index contributed by atoms with van der Waals surface area (Å²) in [7, 11) is 1.78. The zero-order valence-electron chi connectivity index (χ0n) is 12.0. The molecular formula is C13H17N5OS2. The fourth-order valence-corrected chi connectivity index (χ4v) is 4.27. The maximum Gasteiger partial charge on any atom is 0.236 e. The van der Waals surface area contributed by atoms with Gasteiger partial charge in [0.25, 0.3) is 0 Å². The quantitative estimate of drug-likeness (QED) is 0.807. The zero-order valence-corrected chi connectivity index (χ0v) is 13.6. The van der Waals surface area contributed by atoms with Crippen molar-refractivity contribution in [3.05, 3.63) is 22.4 Å². The second-order valence-corrected chi connectivity index (χ2v) is 7.34. The highest BCUT2D eigenvalue weighted by Gasteiger charge is 2.33. The van der Waals surface area contributed by atoms with Crippen LogP contribution in [0.3, 0.4) is 0 Å². The maximum absolute atomic E-state index is 12.7. The molecule has 6 nitrogen and oxygen atoms in total. The Morgan fingerprint density at radius 2 is 2.43 bits per heavy atom. The van der Waals surface area contributed by atoms with Crippen LogP contribution in [0.25, 0.3) is 0 Å². The van der Waals surface area contributed by atoms with Gasteiger partial charge in [-0.1, -0.05) is 17.8 Å². The summed E-state index contributed by atoms with van der Waals surface area (Å²) in [5.74, 6) is 0.166. The first-order valence-electron chi connectivity index (χ1n) is 6.89. The summed E-state index contributed by atoms with van der Waals surface area (Å²) < 4.78 is 1.59. The van der Waals surface area contributed by atoms with E-state index in [0.29, 0.717) is 5.16 Å². The Morgan fingerprint density at radius 3 is 3.10 bits per heavy atom. The third-order valence-corrected chi connectivity index (χ3v) is 5.70. The van der Waals surface area contributed by atoms with Crippen LogP contribution in [0.15, 0.2) is 22.7 Å². The largest absolute Gasteiger partial charge is 0.334 e. The number of hydrogen-bond acceptors (Lipinski definition) is 6. The van der Waals surface area contributed by atoms with Gasteiger partial charge in [0.05, 0.1) is 11.3 Å². The summed E-state index contributed by atoms with van der Waals surface area (Å²) >= 11 is 3.13. The molecule has 0 radical (unpaired) electrons. The van der Waals surface area contributed by atoms with E-state index in [9.17, 15) is 4.79 Å². The molecule has 1 aliphatic heterocycles. The molecule has 1 amide bonds. The van der Waals surface area contributed by atoms with Gasteiger partial charge in [-0.05, 0) is 41.6 Å². The summed E-state index contributed by atoms with van der Waals surface area (Å²) in [4.78, 5) is 16.0. The highest BCUT2D eigenvalue weighted by atomic mass is 32.2. The molecule has 0 bridgehead atoms. The lowest BCUT2D eigenvalue weighted by molar-refractivity contribution is -0.131. The summed E-state index contributed by atoms with van der Waals surface area (Å²) in [5.41, 5.74) is 0. The molecule has 0 aromatic carbocycles. The lowest BCUT2D eigenvalue weighted by Crippen LogP contribution is -2.36. The summed E-state index contributed by atoms with van der Waals surface area (Å²) in [6.45, 7) is 2.76. The van der Waals surface area contributed by atoms with E-state index in [-0.39, 0.29) is 17.2 Å². The minimum atomic E-state index is -0.185. The number of aromatic nitrogens is 4. The van der Waals surface area contributed by atoms with Gasteiger partial charge < -0.3 is 4.90 Å². The van der Waals surface area contributed by atoms with Gasteiger partial charge in [-0.2, -0.15) is 0 Å². The monoisotopic (exact) mass is 323 g/mol. The SMILES string of the molecule is C[C@@H](Sc1nnnn1C)C(=O)N1CCC[C@@H]1c1cccs1. The van der Waals surface area contributed by atoms with Gasteiger partial charge in [0.1, 0.15) is 0 Å². The number of rotatable bonds is 4. The first-order chi connectivity index (χ1) is 10.2.